The summed E-state index contributed by atoms with van der Waals surface area (Å²) in [6.45, 7) is 24.1. The van der Waals surface area contributed by atoms with Gasteiger partial charge in [-0.25, -0.2) is 0 Å². The van der Waals surface area contributed by atoms with Crippen molar-refractivity contribution in [2.75, 3.05) is 13.2 Å². The monoisotopic (exact) mass is 572 g/mol. The summed E-state index contributed by atoms with van der Waals surface area (Å²) in [5, 5.41) is 8.19. The molecule has 0 amide bonds. The Morgan fingerprint density at radius 2 is 0.974 bits per heavy atom. The summed E-state index contributed by atoms with van der Waals surface area (Å²) in [6, 6.07) is 21.3. The zero-order valence-corrected chi connectivity index (χ0v) is 28.3. The molecule has 0 bridgehead atoms. The third kappa shape index (κ3) is 10.6. The molecule has 0 radical (unpaired) electrons. The Morgan fingerprint density at radius 1 is 0.658 bits per heavy atom. The molecule has 0 fully saturated rings. The number of rotatable bonds is 12. The minimum Gasteiger partial charge on any atom is -0.415 e. The Bertz CT molecular complexity index is 907. The molecular weight excluding hydrogens is 521 g/mol. The fourth-order valence-electron chi connectivity index (χ4n) is 3.56. The smallest absolute Gasteiger partial charge is 0.192 e. The molecule has 4 nitrogen and oxygen atoms in total. The summed E-state index contributed by atoms with van der Waals surface area (Å²) in [4.78, 5) is 0. The van der Waals surface area contributed by atoms with Crippen LogP contribution in [0.5, 0.6) is 0 Å². The van der Waals surface area contributed by atoms with Gasteiger partial charge in [0.05, 0.1) is 25.3 Å². The minimum atomic E-state index is -1.89. The third-order valence-electron chi connectivity index (χ3n) is 8.22. The van der Waals surface area contributed by atoms with Crippen LogP contribution in [-0.2, 0) is 21.7 Å². The van der Waals surface area contributed by atoms with Crippen molar-refractivity contribution in [3.8, 4) is 0 Å². The molecule has 2 aromatic rings. The molecular formula is C31H52N2O2SSi2. The first kappa shape index (κ1) is 32.7. The highest BCUT2D eigenvalue weighted by Crippen LogP contribution is 2.37. The molecule has 0 unspecified atom stereocenters. The molecule has 0 aliphatic rings. The predicted molar refractivity (Wildman–Crippen MR) is 173 cm³/mol. The van der Waals surface area contributed by atoms with Crippen molar-refractivity contribution in [1.29, 1.82) is 0 Å². The van der Waals surface area contributed by atoms with Gasteiger partial charge in [-0.15, -0.1) is 0 Å². The lowest BCUT2D eigenvalue weighted by Crippen LogP contribution is -2.53. The second kappa shape index (κ2) is 13.7. The molecule has 2 atom stereocenters. The van der Waals surface area contributed by atoms with Gasteiger partial charge < -0.3 is 19.5 Å². The normalized spacial score (nSPS) is 14.6. The van der Waals surface area contributed by atoms with Gasteiger partial charge in [0.1, 0.15) is 0 Å². The van der Waals surface area contributed by atoms with Gasteiger partial charge in [0.25, 0.3) is 0 Å². The van der Waals surface area contributed by atoms with Gasteiger partial charge in [0.15, 0.2) is 21.7 Å². The summed E-state index contributed by atoms with van der Waals surface area (Å²) >= 11 is 5.89. The quantitative estimate of drug-likeness (QED) is 0.201. The first-order chi connectivity index (χ1) is 17.5. The molecule has 7 heteroatoms. The van der Waals surface area contributed by atoms with Crippen LogP contribution < -0.4 is 10.6 Å². The lowest BCUT2D eigenvalue weighted by Gasteiger charge is -2.38. The lowest BCUT2D eigenvalue weighted by atomic mass is 10.1. The van der Waals surface area contributed by atoms with E-state index in [1.54, 1.807) is 0 Å². The van der Waals surface area contributed by atoms with Crippen LogP contribution in [0.1, 0.15) is 52.7 Å². The maximum atomic E-state index is 6.63. The van der Waals surface area contributed by atoms with Crippen molar-refractivity contribution < 1.29 is 8.85 Å². The minimum absolute atomic E-state index is 0.0743. The van der Waals surface area contributed by atoms with Crippen LogP contribution in [0.2, 0.25) is 36.3 Å². The Balaban J connectivity index is 2.15. The molecule has 38 heavy (non-hydrogen) atoms. The van der Waals surface area contributed by atoms with Crippen molar-refractivity contribution in [3.63, 3.8) is 0 Å². The van der Waals surface area contributed by atoms with E-state index < -0.39 is 16.6 Å². The third-order valence-corrected chi connectivity index (χ3v) is 17.5. The Kier molecular flexibility index (Phi) is 11.8. The van der Waals surface area contributed by atoms with E-state index in [1.165, 1.54) is 11.1 Å². The van der Waals surface area contributed by atoms with Crippen LogP contribution >= 0.6 is 12.2 Å². The average molecular weight is 573 g/mol. The highest BCUT2D eigenvalue weighted by molar-refractivity contribution is 7.80. The van der Waals surface area contributed by atoms with Gasteiger partial charge in [-0.2, -0.15) is 0 Å². The number of benzene rings is 2. The van der Waals surface area contributed by atoms with Gasteiger partial charge in [-0.3, -0.25) is 0 Å². The number of hydrogen-bond donors (Lipinski definition) is 2. The van der Waals surface area contributed by atoms with Crippen molar-refractivity contribution in [3.05, 3.63) is 71.8 Å². The molecule has 0 saturated heterocycles. The highest BCUT2D eigenvalue weighted by Gasteiger charge is 2.38. The van der Waals surface area contributed by atoms with Gasteiger partial charge in [-0.05, 0) is 72.5 Å². The van der Waals surface area contributed by atoms with Gasteiger partial charge >= 0.3 is 0 Å². The zero-order chi connectivity index (χ0) is 28.6. The molecule has 0 aliphatic heterocycles. The van der Waals surface area contributed by atoms with E-state index in [9.17, 15) is 0 Å². The molecule has 0 aliphatic carbocycles. The van der Waals surface area contributed by atoms with E-state index >= 15 is 0 Å². The topological polar surface area (TPSA) is 42.5 Å². The molecule has 2 aromatic carbocycles. The molecule has 2 N–H and O–H groups in total. The van der Waals surface area contributed by atoms with Crippen molar-refractivity contribution in [2.24, 2.45) is 0 Å². The van der Waals surface area contributed by atoms with Gasteiger partial charge in [0, 0.05) is 0 Å². The van der Waals surface area contributed by atoms with Crippen LogP contribution in [0.25, 0.3) is 0 Å². The van der Waals surface area contributed by atoms with E-state index in [2.05, 4.69) is 139 Å². The summed E-state index contributed by atoms with van der Waals surface area (Å²) in [5.74, 6) is 0. The van der Waals surface area contributed by atoms with E-state index in [0.29, 0.717) is 18.3 Å². The number of thiocarbonyl (C=S) groups is 1. The van der Waals surface area contributed by atoms with Crippen molar-refractivity contribution >= 4 is 34.0 Å². The van der Waals surface area contributed by atoms with Crippen molar-refractivity contribution in [2.45, 2.75) is 103 Å². The number of hydrogen-bond acceptors (Lipinski definition) is 3. The van der Waals surface area contributed by atoms with Crippen LogP contribution in [0.4, 0.5) is 0 Å². The lowest BCUT2D eigenvalue weighted by molar-refractivity contribution is 0.246. The standard InChI is InChI=1S/C31H52N2O2SSi2/c1-30(2,3)37(7,8)34-23-27(21-25-17-13-11-14-18-25)32-29(36)33-28(22-26-19-15-12-16-20-26)24-35-38(9,10)31(4,5)6/h11-20,27-28H,21-24H2,1-10H3,(H2,32,33,36)/t27-,28-/m0/s1. The molecule has 2 rings (SSSR count). The SMILES string of the molecule is CC(C)(C)[Si](C)(C)OC[C@H](Cc1ccccc1)NC(=S)N[C@H](CO[Si](C)(C)C(C)(C)C)Cc1ccccc1. The fourth-order valence-corrected chi connectivity index (χ4v) is 6.00. The maximum absolute atomic E-state index is 6.63. The Morgan fingerprint density at radius 3 is 1.26 bits per heavy atom. The largest absolute Gasteiger partial charge is 0.415 e. The molecule has 0 aromatic heterocycles. The van der Waals surface area contributed by atoms with Crippen LogP contribution in [-0.4, -0.2) is 47.0 Å². The summed E-state index contributed by atoms with van der Waals surface area (Å²) in [6.07, 6.45) is 1.70. The van der Waals surface area contributed by atoms with E-state index in [-0.39, 0.29) is 22.2 Å². The van der Waals surface area contributed by atoms with Gasteiger partial charge in [0.2, 0.25) is 0 Å². The van der Waals surface area contributed by atoms with Gasteiger partial charge in [-0.1, -0.05) is 102 Å². The summed E-state index contributed by atoms with van der Waals surface area (Å²) < 4.78 is 13.3. The molecule has 0 saturated carbocycles. The summed E-state index contributed by atoms with van der Waals surface area (Å²) in [7, 11) is -3.78. The van der Waals surface area contributed by atoms with E-state index in [1.807, 2.05) is 0 Å². The highest BCUT2D eigenvalue weighted by atomic mass is 32.1. The Hall–Kier alpha value is -1.52. The van der Waals surface area contributed by atoms with E-state index in [0.717, 1.165) is 12.8 Å². The maximum Gasteiger partial charge on any atom is 0.192 e. The fraction of sp³-hybridized carbons (Fsp3) is 0.581. The number of nitrogens with one attached hydrogen (secondary N) is 2. The van der Waals surface area contributed by atoms with Crippen LogP contribution in [0, 0.1) is 0 Å². The van der Waals surface area contributed by atoms with E-state index in [4.69, 9.17) is 21.1 Å². The molecule has 0 spiro atoms. The second-order valence-electron chi connectivity index (χ2n) is 13.5. The molecule has 212 valence electrons. The zero-order valence-electron chi connectivity index (χ0n) is 25.5. The van der Waals surface area contributed by atoms with Crippen molar-refractivity contribution in [1.82, 2.24) is 10.6 Å². The van der Waals surface area contributed by atoms with Crippen LogP contribution in [0.3, 0.4) is 0 Å². The molecule has 0 heterocycles. The van der Waals surface area contributed by atoms with Crippen LogP contribution in [0.15, 0.2) is 60.7 Å². The summed E-state index contributed by atoms with van der Waals surface area (Å²) in [5.41, 5.74) is 2.54. The average Bonchev–Trinajstić information content (AvgIpc) is 2.81. The Labute approximate surface area is 240 Å². The second-order valence-corrected chi connectivity index (χ2v) is 23.6. The predicted octanol–water partition coefficient (Wildman–Crippen LogP) is 7.72. The first-order valence-corrected chi connectivity index (χ1v) is 20.2. The first-order valence-electron chi connectivity index (χ1n) is 13.9.